The van der Waals surface area contributed by atoms with Crippen LogP contribution in [0.4, 0.5) is 4.39 Å². The van der Waals surface area contributed by atoms with Gasteiger partial charge in [-0.15, -0.1) is 0 Å². The Kier molecular flexibility index (Phi) is 4.59. The summed E-state index contributed by atoms with van der Waals surface area (Å²) in [5.74, 6) is -0.763. The molecule has 94 valence electrons. The molecule has 0 aliphatic heterocycles. The first-order valence-electron chi connectivity index (χ1n) is 4.91. The van der Waals surface area contributed by atoms with Crippen LogP contribution < -0.4 is 10.0 Å². The third-order valence-electron chi connectivity index (χ3n) is 2.05. The molecular formula is C10H13FN2O3S. The highest BCUT2D eigenvalue weighted by atomic mass is 32.2. The Morgan fingerprint density at radius 1 is 1.29 bits per heavy atom. The van der Waals surface area contributed by atoms with E-state index in [0.29, 0.717) is 0 Å². The number of carbonyl (C=O) groups is 1. The lowest BCUT2D eigenvalue weighted by atomic mass is 10.4. The first kappa shape index (κ1) is 13.6. The topological polar surface area (TPSA) is 75.3 Å². The van der Waals surface area contributed by atoms with Crippen molar-refractivity contribution in [3.63, 3.8) is 0 Å². The summed E-state index contributed by atoms with van der Waals surface area (Å²) in [6.45, 7) is -0.000612. The molecule has 0 heterocycles. The van der Waals surface area contributed by atoms with Gasteiger partial charge in [0.15, 0.2) is 0 Å². The van der Waals surface area contributed by atoms with Crippen molar-refractivity contribution in [1.82, 2.24) is 10.0 Å². The monoisotopic (exact) mass is 260 g/mol. The molecular weight excluding hydrogens is 247 g/mol. The molecule has 0 fully saturated rings. The number of rotatable bonds is 5. The molecule has 0 saturated heterocycles. The van der Waals surface area contributed by atoms with E-state index in [0.717, 1.165) is 24.3 Å². The maximum atomic E-state index is 12.6. The minimum Gasteiger partial charge on any atom is -0.359 e. The molecule has 0 radical (unpaired) electrons. The Balaban J connectivity index is 2.63. The Hall–Kier alpha value is -1.47. The van der Waals surface area contributed by atoms with E-state index in [1.165, 1.54) is 7.05 Å². The molecule has 0 atom stereocenters. The third kappa shape index (κ3) is 4.12. The summed E-state index contributed by atoms with van der Waals surface area (Å²) in [4.78, 5) is 10.9. The second kappa shape index (κ2) is 5.74. The van der Waals surface area contributed by atoms with E-state index in [1.807, 2.05) is 0 Å². The molecule has 0 saturated carbocycles. The average Bonchev–Trinajstić information content (AvgIpc) is 2.29. The molecule has 5 nitrogen and oxygen atoms in total. The number of benzene rings is 1. The predicted octanol–water partition coefficient (Wildman–Crippen LogP) is 0.240. The quantitative estimate of drug-likeness (QED) is 0.796. The smallest absolute Gasteiger partial charge is 0.240 e. The molecule has 0 unspecified atom stereocenters. The summed E-state index contributed by atoms with van der Waals surface area (Å²) in [7, 11) is -2.21. The van der Waals surface area contributed by atoms with Gasteiger partial charge < -0.3 is 5.32 Å². The van der Waals surface area contributed by atoms with E-state index in [1.54, 1.807) is 0 Å². The number of nitrogens with one attached hydrogen (secondary N) is 2. The second-order valence-electron chi connectivity index (χ2n) is 3.27. The van der Waals surface area contributed by atoms with Gasteiger partial charge in [-0.1, -0.05) is 0 Å². The van der Waals surface area contributed by atoms with Gasteiger partial charge in [0.1, 0.15) is 5.82 Å². The summed E-state index contributed by atoms with van der Waals surface area (Å²) < 4.78 is 38.2. The van der Waals surface area contributed by atoms with Crippen LogP contribution in [-0.2, 0) is 14.8 Å². The Bertz CT molecular complexity index is 485. The molecule has 0 bridgehead atoms. The zero-order chi connectivity index (χ0) is 12.9. The van der Waals surface area contributed by atoms with E-state index in [4.69, 9.17) is 0 Å². The summed E-state index contributed by atoms with van der Waals surface area (Å²) in [5.41, 5.74) is 0. The molecule has 1 rings (SSSR count). The van der Waals surface area contributed by atoms with E-state index >= 15 is 0 Å². The Morgan fingerprint density at radius 3 is 2.41 bits per heavy atom. The van der Waals surface area contributed by atoms with Crippen molar-refractivity contribution in [2.45, 2.75) is 11.3 Å². The molecule has 1 amide bonds. The summed E-state index contributed by atoms with van der Waals surface area (Å²) in [5, 5.41) is 2.38. The maximum Gasteiger partial charge on any atom is 0.240 e. The fourth-order valence-corrected chi connectivity index (χ4v) is 2.15. The van der Waals surface area contributed by atoms with E-state index in [-0.39, 0.29) is 23.8 Å². The van der Waals surface area contributed by atoms with Crippen molar-refractivity contribution in [3.05, 3.63) is 30.1 Å². The van der Waals surface area contributed by atoms with Crippen LogP contribution in [0.5, 0.6) is 0 Å². The number of amides is 1. The van der Waals surface area contributed by atoms with Crippen LogP contribution in [0.1, 0.15) is 6.42 Å². The van der Waals surface area contributed by atoms with E-state index in [9.17, 15) is 17.6 Å². The number of hydrogen-bond donors (Lipinski definition) is 2. The van der Waals surface area contributed by atoms with Crippen molar-refractivity contribution in [2.24, 2.45) is 0 Å². The lowest BCUT2D eigenvalue weighted by Gasteiger charge is -2.06. The highest BCUT2D eigenvalue weighted by Gasteiger charge is 2.13. The molecule has 0 spiro atoms. The highest BCUT2D eigenvalue weighted by molar-refractivity contribution is 7.89. The average molecular weight is 260 g/mol. The van der Waals surface area contributed by atoms with Crippen LogP contribution in [0, 0.1) is 5.82 Å². The zero-order valence-electron chi connectivity index (χ0n) is 9.23. The normalized spacial score (nSPS) is 11.2. The van der Waals surface area contributed by atoms with Crippen LogP contribution in [0.2, 0.25) is 0 Å². The zero-order valence-corrected chi connectivity index (χ0v) is 10.1. The summed E-state index contributed by atoms with van der Waals surface area (Å²) >= 11 is 0. The van der Waals surface area contributed by atoms with Gasteiger partial charge in [0.05, 0.1) is 4.90 Å². The second-order valence-corrected chi connectivity index (χ2v) is 5.04. The molecule has 17 heavy (non-hydrogen) atoms. The number of sulfonamides is 1. The third-order valence-corrected chi connectivity index (χ3v) is 3.52. The first-order chi connectivity index (χ1) is 7.95. The summed E-state index contributed by atoms with van der Waals surface area (Å²) in [6, 6.07) is 4.45. The molecule has 1 aromatic carbocycles. The van der Waals surface area contributed by atoms with Crippen LogP contribution in [-0.4, -0.2) is 27.9 Å². The van der Waals surface area contributed by atoms with E-state index < -0.39 is 15.8 Å². The summed E-state index contributed by atoms with van der Waals surface area (Å²) in [6.07, 6.45) is 0.0525. The number of carbonyl (C=O) groups excluding carboxylic acids is 1. The number of hydrogen-bond acceptors (Lipinski definition) is 3. The fraction of sp³-hybridized carbons (Fsp3) is 0.300. The molecule has 7 heteroatoms. The molecule has 0 aliphatic rings. The van der Waals surface area contributed by atoms with Gasteiger partial charge in [-0.05, 0) is 24.3 Å². The fourth-order valence-electron chi connectivity index (χ4n) is 1.12. The molecule has 2 N–H and O–H groups in total. The lowest BCUT2D eigenvalue weighted by molar-refractivity contribution is -0.120. The van der Waals surface area contributed by atoms with Gasteiger partial charge in [-0.2, -0.15) is 0 Å². The van der Waals surface area contributed by atoms with Crippen molar-refractivity contribution in [2.75, 3.05) is 13.6 Å². The minimum atomic E-state index is -3.68. The first-order valence-corrected chi connectivity index (χ1v) is 6.40. The van der Waals surface area contributed by atoms with Crippen molar-refractivity contribution in [3.8, 4) is 0 Å². The van der Waals surface area contributed by atoms with Crippen molar-refractivity contribution >= 4 is 15.9 Å². The van der Waals surface area contributed by atoms with Gasteiger partial charge in [-0.25, -0.2) is 17.5 Å². The largest absolute Gasteiger partial charge is 0.359 e. The SMILES string of the molecule is CNC(=O)CCNS(=O)(=O)c1ccc(F)cc1. The van der Waals surface area contributed by atoms with Gasteiger partial charge in [-0.3, -0.25) is 4.79 Å². The molecule has 0 aliphatic carbocycles. The molecule has 1 aromatic rings. The minimum absolute atomic E-state index is 0.000612. The van der Waals surface area contributed by atoms with Crippen LogP contribution in [0.3, 0.4) is 0 Å². The van der Waals surface area contributed by atoms with Crippen LogP contribution in [0.15, 0.2) is 29.2 Å². The highest BCUT2D eigenvalue weighted by Crippen LogP contribution is 2.09. The van der Waals surface area contributed by atoms with Gasteiger partial charge in [0.2, 0.25) is 15.9 Å². The van der Waals surface area contributed by atoms with Crippen molar-refractivity contribution < 1.29 is 17.6 Å². The Labute approximate surface area is 99.1 Å². The Morgan fingerprint density at radius 2 is 1.88 bits per heavy atom. The van der Waals surface area contributed by atoms with Gasteiger partial charge >= 0.3 is 0 Å². The van der Waals surface area contributed by atoms with Gasteiger partial charge in [0, 0.05) is 20.0 Å². The van der Waals surface area contributed by atoms with Gasteiger partial charge in [0.25, 0.3) is 0 Å². The van der Waals surface area contributed by atoms with E-state index in [2.05, 4.69) is 10.0 Å². The van der Waals surface area contributed by atoms with Crippen molar-refractivity contribution in [1.29, 1.82) is 0 Å². The van der Waals surface area contributed by atoms with Crippen LogP contribution >= 0.6 is 0 Å². The lowest BCUT2D eigenvalue weighted by Crippen LogP contribution is -2.29. The standard InChI is InChI=1S/C10H13FN2O3S/c1-12-10(14)6-7-13-17(15,16)9-4-2-8(11)3-5-9/h2-5,13H,6-7H2,1H3,(H,12,14). The predicted molar refractivity (Wildman–Crippen MR) is 60.3 cm³/mol. The molecule has 0 aromatic heterocycles. The number of halogens is 1. The van der Waals surface area contributed by atoms with Crippen LogP contribution in [0.25, 0.3) is 0 Å². The maximum absolute atomic E-state index is 12.6.